The predicted molar refractivity (Wildman–Crippen MR) is 110 cm³/mol. The second kappa shape index (κ2) is 7.54. The molecular weight excluding hydrogens is 368 g/mol. The fourth-order valence-corrected chi connectivity index (χ4v) is 4.14. The number of anilines is 2. The summed E-state index contributed by atoms with van der Waals surface area (Å²) in [6, 6.07) is 13.7. The van der Waals surface area contributed by atoms with Crippen LogP contribution >= 0.6 is 0 Å². The number of imide groups is 1. The first kappa shape index (κ1) is 18.9. The molecule has 1 fully saturated rings. The van der Waals surface area contributed by atoms with Gasteiger partial charge in [0.2, 0.25) is 11.8 Å². The van der Waals surface area contributed by atoms with E-state index < -0.39 is 5.91 Å². The van der Waals surface area contributed by atoms with E-state index in [1.54, 1.807) is 55.6 Å². The maximum absolute atomic E-state index is 13.1. The SMILES string of the molecule is COc1cccc(NC(=O)c2ccccc2N2C(=O)[C@H]3[C@@H](C)C=CC[C@H]3C2=O)c1. The lowest BCUT2D eigenvalue weighted by Crippen LogP contribution is -2.33. The van der Waals surface area contributed by atoms with Crippen molar-refractivity contribution in [1.29, 1.82) is 0 Å². The highest BCUT2D eigenvalue weighted by atomic mass is 16.5. The van der Waals surface area contributed by atoms with Crippen LogP contribution in [0.2, 0.25) is 0 Å². The Morgan fingerprint density at radius 2 is 1.90 bits per heavy atom. The molecule has 0 spiro atoms. The number of carbonyl (C=O) groups is 3. The van der Waals surface area contributed by atoms with E-state index in [9.17, 15) is 14.4 Å². The van der Waals surface area contributed by atoms with Crippen molar-refractivity contribution in [3.05, 3.63) is 66.2 Å². The molecule has 0 unspecified atom stereocenters. The maximum Gasteiger partial charge on any atom is 0.257 e. The number of nitrogens with zero attached hydrogens (tertiary/aromatic N) is 1. The number of methoxy groups -OCH3 is 1. The number of hydrogen-bond acceptors (Lipinski definition) is 4. The van der Waals surface area contributed by atoms with Crippen LogP contribution in [0.15, 0.2) is 60.7 Å². The van der Waals surface area contributed by atoms with Crippen molar-refractivity contribution in [2.24, 2.45) is 17.8 Å². The van der Waals surface area contributed by atoms with Gasteiger partial charge in [-0.15, -0.1) is 0 Å². The number of para-hydroxylation sites is 1. The number of allylic oxidation sites excluding steroid dienone is 2. The summed E-state index contributed by atoms with van der Waals surface area (Å²) in [6.45, 7) is 1.95. The molecule has 1 aliphatic carbocycles. The molecule has 0 saturated carbocycles. The highest BCUT2D eigenvalue weighted by molar-refractivity contribution is 6.25. The lowest BCUT2D eigenvalue weighted by Gasteiger charge is -2.22. The van der Waals surface area contributed by atoms with Crippen molar-refractivity contribution in [3.63, 3.8) is 0 Å². The van der Waals surface area contributed by atoms with Crippen LogP contribution in [0.4, 0.5) is 11.4 Å². The fraction of sp³-hybridized carbons (Fsp3) is 0.261. The zero-order valence-corrected chi connectivity index (χ0v) is 16.3. The molecule has 0 radical (unpaired) electrons. The second-order valence-electron chi connectivity index (χ2n) is 7.37. The molecular formula is C23H22N2O4. The molecule has 0 bridgehead atoms. The van der Waals surface area contributed by atoms with E-state index in [-0.39, 0.29) is 35.1 Å². The Morgan fingerprint density at radius 3 is 2.66 bits per heavy atom. The van der Waals surface area contributed by atoms with Gasteiger partial charge in [-0.05, 0) is 36.6 Å². The van der Waals surface area contributed by atoms with Crippen molar-refractivity contribution in [2.75, 3.05) is 17.3 Å². The van der Waals surface area contributed by atoms with E-state index in [0.717, 1.165) is 0 Å². The van der Waals surface area contributed by atoms with E-state index in [4.69, 9.17) is 4.74 Å². The minimum Gasteiger partial charge on any atom is -0.497 e. The molecule has 3 amide bonds. The summed E-state index contributed by atoms with van der Waals surface area (Å²) in [7, 11) is 1.55. The number of hydrogen-bond donors (Lipinski definition) is 1. The second-order valence-corrected chi connectivity index (χ2v) is 7.37. The zero-order valence-electron chi connectivity index (χ0n) is 16.3. The normalized spacial score (nSPS) is 23.1. The number of benzene rings is 2. The van der Waals surface area contributed by atoms with Crippen LogP contribution in [-0.4, -0.2) is 24.8 Å². The van der Waals surface area contributed by atoms with Crippen LogP contribution < -0.4 is 15.0 Å². The van der Waals surface area contributed by atoms with Crippen LogP contribution in [0.25, 0.3) is 0 Å². The number of nitrogens with one attached hydrogen (secondary N) is 1. The molecule has 2 aromatic rings. The highest BCUT2D eigenvalue weighted by Gasteiger charge is 2.51. The monoisotopic (exact) mass is 390 g/mol. The average Bonchev–Trinajstić information content (AvgIpc) is 2.99. The number of ether oxygens (including phenoxy) is 1. The first-order valence-corrected chi connectivity index (χ1v) is 9.60. The smallest absolute Gasteiger partial charge is 0.257 e. The van der Waals surface area contributed by atoms with E-state index >= 15 is 0 Å². The Bertz CT molecular complexity index is 1010. The van der Waals surface area contributed by atoms with Gasteiger partial charge >= 0.3 is 0 Å². The Balaban J connectivity index is 1.66. The first-order chi connectivity index (χ1) is 14.0. The zero-order chi connectivity index (χ0) is 20.5. The summed E-state index contributed by atoms with van der Waals surface area (Å²) in [4.78, 5) is 40.3. The lowest BCUT2D eigenvalue weighted by molar-refractivity contribution is -0.122. The molecule has 2 aromatic carbocycles. The van der Waals surface area contributed by atoms with Crippen molar-refractivity contribution in [2.45, 2.75) is 13.3 Å². The lowest BCUT2D eigenvalue weighted by atomic mass is 9.78. The molecule has 148 valence electrons. The molecule has 0 aromatic heterocycles. The van der Waals surface area contributed by atoms with Gasteiger partial charge in [-0.25, -0.2) is 4.90 Å². The summed E-state index contributed by atoms with van der Waals surface area (Å²) < 4.78 is 5.18. The molecule has 1 aliphatic heterocycles. The fourth-order valence-electron chi connectivity index (χ4n) is 4.14. The van der Waals surface area contributed by atoms with Crippen molar-refractivity contribution in [3.8, 4) is 5.75 Å². The van der Waals surface area contributed by atoms with Crippen LogP contribution in [-0.2, 0) is 9.59 Å². The summed E-state index contributed by atoms with van der Waals surface area (Å²) in [5.74, 6) is -0.995. The topological polar surface area (TPSA) is 75.7 Å². The van der Waals surface area contributed by atoms with E-state index in [1.807, 2.05) is 19.1 Å². The van der Waals surface area contributed by atoms with Crippen LogP contribution in [0.5, 0.6) is 5.75 Å². The minimum atomic E-state index is -0.393. The molecule has 4 rings (SSSR count). The quantitative estimate of drug-likeness (QED) is 0.639. The van der Waals surface area contributed by atoms with Crippen LogP contribution in [0.1, 0.15) is 23.7 Å². The summed E-state index contributed by atoms with van der Waals surface area (Å²) in [6.07, 6.45) is 4.49. The van der Waals surface area contributed by atoms with Crippen molar-refractivity contribution in [1.82, 2.24) is 0 Å². The van der Waals surface area contributed by atoms with Crippen LogP contribution in [0.3, 0.4) is 0 Å². The summed E-state index contributed by atoms with van der Waals surface area (Å²) in [5.41, 5.74) is 1.16. The first-order valence-electron chi connectivity index (χ1n) is 9.60. The molecule has 1 heterocycles. The molecule has 2 aliphatic rings. The Kier molecular flexibility index (Phi) is 4.92. The number of rotatable bonds is 4. The van der Waals surface area contributed by atoms with Gasteiger partial charge in [0.15, 0.2) is 0 Å². The number of amides is 3. The van der Waals surface area contributed by atoms with Crippen molar-refractivity contribution < 1.29 is 19.1 Å². The number of carbonyl (C=O) groups excluding carboxylic acids is 3. The Hall–Kier alpha value is -3.41. The minimum absolute atomic E-state index is 0.00651. The van der Waals surface area contributed by atoms with Gasteiger partial charge < -0.3 is 10.1 Å². The van der Waals surface area contributed by atoms with Crippen molar-refractivity contribution >= 4 is 29.1 Å². The number of fused-ring (bicyclic) bond motifs is 1. The summed E-state index contributed by atoms with van der Waals surface area (Å²) >= 11 is 0. The standard InChI is InChI=1S/C23H22N2O4/c1-14-7-5-11-18-20(14)23(28)25(22(18)27)19-12-4-3-10-17(19)21(26)24-15-8-6-9-16(13-15)29-2/h3-10,12-14,18,20H,11H2,1-2H3,(H,24,26)/t14-,18+,20-/m0/s1. The van der Waals surface area contributed by atoms with Gasteiger partial charge in [0.05, 0.1) is 30.2 Å². The average molecular weight is 390 g/mol. The molecule has 6 heteroatoms. The predicted octanol–water partition coefficient (Wildman–Crippen LogP) is 3.65. The third kappa shape index (κ3) is 3.31. The third-order valence-corrected chi connectivity index (χ3v) is 5.59. The van der Waals surface area contributed by atoms with Gasteiger partial charge in [-0.2, -0.15) is 0 Å². The van der Waals surface area contributed by atoms with Crippen LogP contribution in [0, 0.1) is 17.8 Å². The van der Waals surface area contributed by atoms with Gasteiger partial charge in [0.1, 0.15) is 5.75 Å². The highest BCUT2D eigenvalue weighted by Crippen LogP contribution is 2.41. The van der Waals surface area contributed by atoms with Gasteiger partial charge in [0.25, 0.3) is 5.91 Å². The van der Waals surface area contributed by atoms with E-state index in [0.29, 0.717) is 23.5 Å². The Morgan fingerprint density at radius 1 is 1.10 bits per heavy atom. The molecule has 1 N–H and O–H groups in total. The van der Waals surface area contributed by atoms with E-state index in [2.05, 4.69) is 5.32 Å². The third-order valence-electron chi connectivity index (χ3n) is 5.59. The Labute approximate surface area is 169 Å². The molecule has 29 heavy (non-hydrogen) atoms. The largest absolute Gasteiger partial charge is 0.497 e. The van der Waals surface area contributed by atoms with E-state index in [1.165, 1.54) is 4.90 Å². The van der Waals surface area contributed by atoms with Gasteiger partial charge in [-0.1, -0.05) is 37.3 Å². The summed E-state index contributed by atoms with van der Waals surface area (Å²) in [5, 5.41) is 2.82. The van der Waals surface area contributed by atoms with Gasteiger partial charge in [-0.3, -0.25) is 14.4 Å². The molecule has 3 atom stereocenters. The van der Waals surface area contributed by atoms with Gasteiger partial charge in [0, 0.05) is 11.8 Å². The molecule has 6 nitrogen and oxygen atoms in total. The maximum atomic E-state index is 13.1. The molecule has 1 saturated heterocycles.